The van der Waals surface area contributed by atoms with Gasteiger partial charge in [0.2, 0.25) is 11.8 Å². The minimum absolute atomic E-state index is 0.168. The van der Waals surface area contributed by atoms with E-state index >= 15 is 0 Å². The molecule has 9 heteroatoms. The third kappa shape index (κ3) is 6.82. The summed E-state index contributed by atoms with van der Waals surface area (Å²) in [4.78, 5) is 34.2. The fourth-order valence-electron chi connectivity index (χ4n) is 7.82. The summed E-state index contributed by atoms with van der Waals surface area (Å²) < 4.78 is 6.27. The molecule has 3 N–H and O–H groups in total. The summed E-state index contributed by atoms with van der Waals surface area (Å²) in [6.07, 6.45) is 7.13. The second kappa shape index (κ2) is 14.2. The minimum Gasteiger partial charge on any atom is -0.508 e. The molecular formula is C40H40BN3O5. The van der Waals surface area contributed by atoms with Crippen LogP contribution in [0.5, 0.6) is 5.75 Å². The first-order chi connectivity index (χ1) is 23.9. The number of anilines is 3. The van der Waals surface area contributed by atoms with E-state index in [1.807, 2.05) is 84.9 Å². The Morgan fingerprint density at radius 2 is 1.67 bits per heavy atom. The monoisotopic (exact) mass is 653 g/mol. The predicted octanol–water partition coefficient (Wildman–Crippen LogP) is 7.65. The third-order valence-electron chi connectivity index (χ3n) is 9.95. The van der Waals surface area contributed by atoms with Gasteiger partial charge in [0.1, 0.15) is 5.75 Å². The zero-order valence-corrected chi connectivity index (χ0v) is 27.5. The Morgan fingerprint density at radius 1 is 0.939 bits per heavy atom. The number of carbonyl (C=O) groups excluding carboxylic acids is 2. The highest BCUT2D eigenvalue weighted by molar-refractivity contribution is 6.43. The van der Waals surface area contributed by atoms with E-state index in [0.29, 0.717) is 24.9 Å². The largest absolute Gasteiger partial charge is 0.508 e. The summed E-state index contributed by atoms with van der Waals surface area (Å²) in [5, 5.41) is 24.2. The van der Waals surface area contributed by atoms with Crippen molar-refractivity contribution in [3.8, 4) is 5.75 Å². The number of hydrogen-bond donors (Lipinski definition) is 3. The van der Waals surface area contributed by atoms with Crippen LogP contribution in [-0.2, 0) is 14.2 Å². The maximum Gasteiger partial charge on any atom is 0.455 e. The van der Waals surface area contributed by atoms with Crippen molar-refractivity contribution >= 4 is 47.6 Å². The van der Waals surface area contributed by atoms with Crippen LogP contribution in [-0.4, -0.2) is 40.2 Å². The molecule has 3 aliphatic rings. The molecule has 1 aromatic heterocycles. The number of allylic oxidation sites excluding steroid dienone is 2. The zero-order valence-electron chi connectivity index (χ0n) is 27.5. The Hall–Kier alpha value is -4.99. The van der Waals surface area contributed by atoms with Gasteiger partial charge in [-0.3, -0.25) is 19.5 Å². The molecule has 4 atom stereocenters. The first kappa shape index (κ1) is 32.6. The molecule has 3 heterocycles. The summed E-state index contributed by atoms with van der Waals surface area (Å²) in [5.41, 5.74) is 7.42. The van der Waals surface area contributed by atoms with Gasteiger partial charge in [-0.25, -0.2) is 0 Å². The molecule has 2 aliphatic heterocycles. The van der Waals surface area contributed by atoms with Crippen molar-refractivity contribution < 1.29 is 24.4 Å². The van der Waals surface area contributed by atoms with Crippen LogP contribution in [0.25, 0.3) is 11.6 Å². The number of para-hydroxylation sites is 1. The molecule has 0 saturated carbocycles. The van der Waals surface area contributed by atoms with E-state index in [1.54, 1.807) is 18.3 Å². The number of aromatic nitrogens is 1. The predicted molar refractivity (Wildman–Crippen MR) is 193 cm³/mol. The minimum atomic E-state index is -1.04. The molecule has 1 aliphatic carbocycles. The first-order valence-electron chi connectivity index (χ1n) is 17.2. The van der Waals surface area contributed by atoms with Gasteiger partial charge >= 0.3 is 7.12 Å². The molecule has 2 amide bonds. The molecular weight excluding hydrogens is 613 g/mol. The lowest BCUT2D eigenvalue weighted by Crippen LogP contribution is -2.46. The molecule has 0 spiro atoms. The van der Waals surface area contributed by atoms with Crippen molar-refractivity contribution in [1.29, 1.82) is 0 Å². The van der Waals surface area contributed by atoms with E-state index in [4.69, 9.17) is 4.65 Å². The number of fused-ring (bicyclic) bond motifs is 3. The molecule has 3 aromatic carbocycles. The summed E-state index contributed by atoms with van der Waals surface area (Å²) in [7, 11) is -1.04. The lowest BCUT2D eigenvalue weighted by molar-refractivity contribution is -0.122. The number of phenolic OH excluding ortho intramolecular Hbond substituents is 1. The van der Waals surface area contributed by atoms with E-state index in [2.05, 4.69) is 23.3 Å². The second-order valence-electron chi connectivity index (χ2n) is 13.1. The number of imide groups is 1. The van der Waals surface area contributed by atoms with Gasteiger partial charge in [0, 0.05) is 17.6 Å². The lowest BCUT2D eigenvalue weighted by Gasteiger charge is -2.43. The van der Waals surface area contributed by atoms with Gasteiger partial charge in [0.25, 0.3) is 0 Å². The highest BCUT2D eigenvalue weighted by Gasteiger charge is 2.57. The molecule has 49 heavy (non-hydrogen) atoms. The average Bonchev–Trinajstić information content (AvgIpc) is 3.37. The summed E-state index contributed by atoms with van der Waals surface area (Å²) in [5.74, 6) is -1.46. The van der Waals surface area contributed by atoms with Crippen molar-refractivity contribution in [3.63, 3.8) is 0 Å². The normalized spacial score (nSPS) is 22.3. The number of aromatic hydroxyl groups is 1. The second-order valence-corrected chi connectivity index (χ2v) is 13.1. The van der Waals surface area contributed by atoms with E-state index in [0.717, 1.165) is 46.6 Å². The summed E-state index contributed by atoms with van der Waals surface area (Å²) in [6, 6.07) is 30.1. The molecule has 2 fully saturated rings. The number of carbonyl (C=O) groups is 2. The SMILES string of the molecule is CCCC1=C2[C@@H](CC/C(=C/c3ccc(O)cc3)c3ccccn3)OB(O)C[C@@H]2[C@@H]2C(=O)N(c3ccc(Nc4ccccc4)cc3)C(=O)[C@@H]2C1. The smallest absolute Gasteiger partial charge is 0.455 e. The maximum atomic E-state index is 14.2. The van der Waals surface area contributed by atoms with Gasteiger partial charge in [-0.2, -0.15) is 0 Å². The first-order valence-corrected chi connectivity index (χ1v) is 17.2. The Bertz CT molecular complexity index is 1860. The summed E-state index contributed by atoms with van der Waals surface area (Å²) >= 11 is 0. The maximum absolute atomic E-state index is 14.2. The Balaban J connectivity index is 1.15. The van der Waals surface area contributed by atoms with Crippen molar-refractivity contribution in [2.45, 2.75) is 51.5 Å². The highest BCUT2D eigenvalue weighted by atomic mass is 16.5. The van der Waals surface area contributed by atoms with Gasteiger partial charge in [0.05, 0.1) is 29.3 Å². The molecule has 7 rings (SSSR count). The van der Waals surface area contributed by atoms with E-state index in [1.165, 1.54) is 10.5 Å². The van der Waals surface area contributed by atoms with Crippen LogP contribution in [0.15, 0.2) is 114 Å². The number of hydrogen-bond acceptors (Lipinski definition) is 7. The van der Waals surface area contributed by atoms with Crippen LogP contribution >= 0.6 is 0 Å². The number of phenols is 1. The van der Waals surface area contributed by atoms with Crippen molar-refractivity contribution in [1.82, 2.24) is 4.98 Å². The van der Waals surface area contributed by atoms with Crippen LogP contribution < -0.4 is 10.2 Å². The average molecular weight is 654 g/mol. The van der Waals surface area contributed by atoms with Crippen molar-refractivity contribution in [3.05, 3.63) is 126 Å². The van der Waals surface area contributed by atoms with Gasteiger partial charge in [-0.15, -0.1) is 0 Å². The Morgan fingerprint density at radius 3 is 2.39 bits per heavy atom. The van der Waals surface area contributed by atoms with Gasteiger partial charge in [0.15, 0.2) is 0 Å². The lowest BCUT2D eigenvalue weighted by atomic mass is 9.58. The number of nitrogens with zero attached hydrogens (tertiary/aromatic N) is 2. The highest BCUT2D eigenvalue weighted by Crippen LogP contribution is 2.52. The van der Waals surface area contributed by atoms with E-state index < -0.39 is 25.1 Å². The van der Waals surface area contributed by atoms with Crippen LogP contribution in [0.3, 0.4) is 0 Å². The third-order valence-corrected chi connectivity index (χ3v) is 9.95. The molecule has 8 nitrogen and oxygen atoms in total. The van der Waals surface area contributed by atoms with Crippen LogP contribution in [0.1, 0.15) is 50.3 Å². The van der Waals surface area contributed by atoms with Crippen LogP contribution in [0.4, 0.5) is 17.1 Å². The number of nitrogens with one attached hydrogen (secondary N) is 1. The van der Waals surface area contributed by atoms with Crippen molar-refractivity contribution in [2.24, 2.45) is 17.8 Å². The quantitative estimate of drug-likeness (QED) is 0.0916. The number of rotatable bonds is 10. The molecule has 0 unspecified atom stereocenters. The van der Waals surface area contributed by atoms with Gasteiger partial charge < -0.3 is 20.1 Å². The Kier molecular flexibility index (Phi) is 9.46. The van der Waals surface area contributed by atoms with Crippen molar-refractivity contribution in [2.75, 3.05) is 10.2 Å². The molecule has 0 radical (unpaired) electrons. The number of benzene rings is 3. The van der Waals surface area contributed by atoms with Crippen LogP contribution in [0, 0.1) is 17.8 Å². The van der Waals surface area contributed by atoms with E-state index in [9.17, 15) is 19.7 Å². The number of pyridine rings is 1. The summed E-state index contributed by atoms with van der Waals surface area (Å²) in [6.45, 7) is 2.13. The zero-order chi connectivity index (χ0) is 33.9. The van der Waals surface area contributed by atoms with Gasteiger partial charge in [-0.1, -0.05) is 55.3 Å². The molecule has 0 bridgehead atoms. The fourth-order valence-corrected chi connectivity index (χ4v) is 7.82. The fraction of sp³-hybridized carbons (Fsp3) is 0.275. The molecule has 2 saturated heterocycles. The Labute approximate surface area is 287 Å². The standard InChI is InChI=1S/C40H40BN3O5/c1-2-8-28-24-33-38(40(47)44(39(33)46)31-17-15-30(16-18-31)43-29-9-4-3-5-10-29)34-25-41(48)49-36(37(28)34)21-14-27(35-11-6-7-22-42-35)23-26-12-19-32(45)20-13-26/h3-7,9-13,15-20,22-23,33-34,36,38,43,45,48H,2,8,14,21,24-25H2,1H3/b27-23-/t33-,34+,36-,38-/m1/s1. The molecule has 4 aromatic rings. The number of amides is 2. The molecule has 248 valence electrons. The van der Waals surface area contributed by atoms with Crippen LogP contribution in [0.2, 0.25) is 6.32 Å². The topological polar surface area (TPSA) is 112 Å². The van der Waals surface area contributed by atoms with E-state index in [-0.39, 0.29) is 29.8 Å². The van der Waals surface area contributed by atoms with Gasteiger partial charge in [-0.05, 0) is 121 Å².